The third-order valence-corrected chi connectivity index (χ3v) is 3.01. The maximum absolute atomic E-state index is 11.7. The molecule has 0 bridgehead atoms. The Hall–Kier alpha value is -1.51. The predicted molar refractivity (Wildman–Crippen MR) is 62.5 cm³/mol. The molecular weight excluding hydrogens is 202 g/mol. The van der Waals surface area contributed by atoms with Gasteiger partial charge in [0.05, 0.1) is 0 Å². The number of rotatable bonds is 4. The zero-order valence-electron chi connectivity index (χ0n) is 9.49. The molecule has 1 aromatic rings. The Bertz CT molecular complexity index is 397. The summed E-state index contributed by atoms with van der Waals surface area (Å²) in [5.74, 6) is 0.900. The molecule has 2 rings (SSSR count). The standard InChI is InChI=1S/C13H17NO2/c1-9-2-5-11(8-12(9)15)13(16)14-7-6-10-3-4-10/h2,5,8,10,15H,3-4,6-7H2,1H3,(H,14,16). The normalized spacial score (nSPS) is 14.8. The van der Waals surface area contributed by atoms with Crippen molar-refractivity contribution in [2.75, 3.05) is 6.54 Å². The number of amides is 1. The molecule has 0 aromatic heterocycles. The van der Waals surface area contributed by atoms with Crippen LogP contribution in [-0.4, -0.2) is 17.6 Å². The summed E-state index contributed by atoms with van der Waals surface area (Å²) in [6.45, 7) is 2.54. The number of phenolic OH excluding ortho intramolecular Hbond substituents is 1. The van der Waals surface area contributed by atoms with Crippen LogP contribution >= 0.6 is 0 Å². The molecule has 0 spiro atoms. The zero-order valence-corrected chi connectivity index (χ0v) is 9.49. The van der Waals surface area contributed by atoms with Crippen LogP contribution in [0.5, 0.6) is 5.75 Å². The molecule has 16 heavy (non-hydrogen) atoms. The quantitative estimate of drug-likeness (QED) is 0.815. The van der Waals surface area contributed by atoms with Gasteiger partial charge in [-0.2, -0.15) is 0 Å². The van der Waals surface area contributed by atoms with Crippen LogP contribution in [0, 0.1) is 12.8 Å². The third-order valence-electron chi connectivity index (χ3n) is 3.01. The second-order valence-corrected chi connectivity index (χ2v) is 4.49. The topological polar surface area (TPSA) is 49.3 Å². The van der Waals surface area contributed by atoms with E-state index in [-0.39, 0.29) is 11.7 Å². The highest BCUT2D eigenvalue weighted by Gasteiger charge is 2.20. The fourth-order valence-corrected chi connectivity index (χ4v) is 1.65. The van der Waals surface area contributed by atoms with E-state index < -0.39 is 0 Å². The number of carbonyl (C=O) groups is 1. The minimum atomic E-state index is -0.101. The fourth-order valence-electron chi connectivity index (χ4n) is 1.65. The van der Waals surface area contributed by atoms with Crippen LogP contribution in [0.4, 0.5) is 0 Å². The van der Waals surface area contributed by atoms with Crippen molar-refractivity contribution in [2.45, 2.75) is 26.2 Å². The summed E-state index contributed by atoms with van der Waals surface area (Å²) in [6.07, 6.45) is 3.69. The number of nitrogens with one attached hydrogen (secondary N) is 1. The Kier molecular flexibility index (Phi) is 3.13. The van der Waals surface area contributed by atoms with E-state index in [2.05, 4.69) is 5.32 Å². The Morgan fingerprint density at radius 2 is 2.25 bits per heavy atom. The van der Waals surface area contributed by atoms with Gasteiger partial charge in [0, 0.05) is 12.1 Å². The van der Waals surface area contributed by atoms with E-state index in [1.807, 2.05) is 6.92 Å². The molecule has 0 aliphatic heterocycles. The Balaban J connectivity index is 1.88. The van der Waals surface area contributed by atoms with Gasteiger partial charge in [-0.15, -0.1) is 0 Å². The first-order chi connectivity index (χ1) is 7.66. The second kappa shape index (κ2) is 4.56. The van der Waals surface area contributed by atoms with Crippen molar-refractivity contribution in [1.29, 1.82) is 0 Å². The molecule has 3 heteroatoms. The van der Waals surface area contributed by atoms with Gasteiger partial charge < -0.3 is 10.4 Å². The number of carbonyl (C=O) groups excluding carboxylic acids is 1. The molecule has 1 saturated carbocycles. The van der Waals surface area contributed by atoms with Crippen LogP contribution in [0.1, 0.15) is 35.2 Å². The summed E-state index contributed by atoms with van der Waals surface area (Å²) in [6, 6.07) is 5.01. The van der Waals surface area contributed by atoms with Crippen LogP contribution in [0.3, 0.4) is 0 Å². The first kappa shape index (κ1) is 11.0. The highest BCUT2D eigenvalue weighted by molar-refractivity contribution is 5.94. The Labute approximate surface area is 95.5 Å². The molecular formula is C13H17NO2. The number of aryl methyl sites for hydroxylation is 1. The molecule has 1 aromatic carbocycles. The predicted octanol–water partition coefficient (Wildman–Crippen LogP) is 2.23. The van der Waals surface area contributed by atoms with Crippen LogP contribution in [0.15, 0.2) is 18.2 Å². The monoisotopic (exact) mass is 219 g/mol. The minimum Gasteiger partial charge on any atom is -0.508 e. The highest BCUT2D eigenvalue weighted by Crippen LogP contribution is 2.31. The maximum atomic E-state index is 11.7. The number of hydrogen-bond donors (Lipinski definition) is 2. The SMILES string of the molecule is Cc1ccc(C(=O)NCCC2CC2)cc1O. The van der Waals surface area contributed by atoms with E-state index in [4.69, 9.17) is 0 Å². The molecule has 1 amide bonds. The van der Waals surface area contributed by atoms with Gasteiger partial charge in [-0.3, -0.25) is 4.79 Å². The fraction of sp³-hybridized carbons (Fsp3) is 0.462. The molecule has 0 saturated heterocycles. The summed E-state index contributed by atoms with van der Waals surface area (Å²) in [7, 11) is 0. The zero-order chi connectivity index (χ0) is 11.5. The summed E-state index contributed by atoms with van der Waals surface area (Å²) >= 11 is 0. The molecule has 1 aliphatic carbocycles. The number of benzene rings is 1. The van der Waals surface area contributed by atoms with E-state index in [1.54, 1.807) is 12.1 Å². The van der Waals surface area contributed by atoms with Crippen molar-refractivity contribution in [3.8, 4) is 5.75 Å². The molecule has 86 valence electrons. The molecule has 1 aliphatic rings. The first-order valence-electron chi connectivity index (χ1n) is 5.74. The average molecular weight is 219 g/mol. The lowest BCUT2D eigenvalue weighted by atomic mass is 10.1. The number of aromatic hydroxyl groups is 1. The lowest BCUT2D eigenvalue weighted by Gasteiger charge is -2.06. The van der Waals surface area contributed by atoms with Crippen molar-refractivity contribution < 1.29 is 9.90 Å². The van der Waals surface area contributed by atoms with E-state index >= 15 is 0 Å². The van der Waals surface area contributed by atoms with Crippen molar-refractivity contribution >= 4 is 5.91 Å². The van der Waals surface area contributed by atoms with Crippen molar-refractivity contribution in [1.82, 2.24) is 5.32 Å². The van der Waals surface area contributed by atoms with E-state index in [1.165, 1.54) is 18.9 Å². The third kappa shape index (κ3) is 2.75. The minimum absolute atomic E-state index is 0.101. The van der Waals surface area contributed by atoms with Gasteiger partial charge in [0.25, 0.3) is 5.91 Å². The van der Waals surface area contributed by atoms with Crippen molar-refractivity contribution in [3.05, 3.63) is 29.3 Å². The van der Waals surface area contributed by atoms with Gasteiger partial charge in [0.2, 0.25) is 0 Å². The van der Waals surface area contributed by atoms with Crippen LogP contribution in [0.25, 0.3) is 0 Å². The Morgan fingerprint density at radius 3 is 2.88 bits per heavy atom. The second-order valence-electron chi connectivity index (χ2n) is 4.49. The largest absolute Gasteiger partial charge is 0.508 e. The van der Waals surface area contributed by atoms with Crippen LogP contribution in [0.2, 0.25) is 0 Å². The molecule has 0 atom stereocenters. The van der Waals surface area contributed by atoms with Gasteiger partial charge in [0.15, 0.2) is 0 Å². The summed E-state index contributed by atoms with van der Waals surface area (Å²) in [4.78, 5) is 11.7. The molecule has 1 fully saturated rings. The van der Waals surface area contributed by atoms with Gasteiger partial charge in [0.1, 0.15) is 5.75 Å². The van der Waals surface area contributed by atoms with Gasteiger partial charge in [-0.25, -0.2) is 0 Å². The lowest BCUT2D eigenvalue weighted by Crippen LogP contribution is -2.24. The first-order valence-corrected chi connectivity index (χ1v) is 5.74. The molecule has 2 N–H and O–H groups in total. The molecule has 3 nitrogen and oxygen atoms in total. The van der Waals surface area contributed by atoms with Crippen LogP contribution in [-0.2, 0) is 0 Å². The van der Waals surface area contributed by atoms with Crippen LogP contribution < -0.4 is 5.32 Å². The van der Waals surface area contributed by atoms with E-state index in [0.717, 1.165) is 24.4 Å². The van der Waals surface area contributed by atoms with Gasteiger partial charge >= 0.3 is 0 Å². The smallest absolute Gasteiger partial charge is 0.251 e. The average Bonchev–Trinajstić information content (AvgIpc) is 3.06. The van der Waals surface area contributed by atoms with Gasteiger partial charge in [-0.05, 0) is 37.0 Å². The van der Waals surface area contributed by atoms with E-state index in [9.17, 15) is 9.90 Å². The summed E-state index contributed by atoms with van der Waals surface area (Å²) < 4.78 is 0. The lowest BCUT2D eigenvalue weighted by molar-refractivity contribution is 0.0952. The molecule has 0 heterocycles. The van der Waals surface area contributed by atoms with Gasteiger partial charge in [-0.1, -0.05) is 18.9 Å². The summed E-state index contributed by atoms with van der Waals surface area (Å²) in [5, 5.41) is 12.4. The highest BCUT2D eigenvalue weighted by atomic mass is 16.3. The molecule has 0 unspecified atom stereocenters. The Morgan fingerprint density at radius 1 is 1.50 bits per heavy atom. The number of hydrogen-bond acceptors (Lipinski definition) is 2. The summed E-state index contributed by atoms with van der Waals surface area (Å²) in [5.41, 5.74) is 1.31. The van der Waals surface area contributed by atoms with Crippen molar-refractivity contribution in [3.63, 3.8) is 0 Å². The molecule has 0 radical (unpaired) electrons. The maximum Gasteiger partial charge on any atom is 0.251 e. The van der Waals surface area contributed by atoms with Crippen molar-refractivity contribution in [2.24, 2.45) is 5.92 Å². The number of phenols is 1. The van der Waals surface area contributed by atoms with E-state index in [0.29, 0.717) is 5.56 Å².